The highest BCUT2D eigenvalue weighted by atomic mass is 32.2. The van der Waals surface area contributed by atoms with E-state index in [0.29, 0.717) is 6.61 Å². The van der Waals surface area contributed by atoms with Gasteiger partial charge in [-0.1, -0.05) is 6.92 Å². The third-order valence-electron chi connectivity index (χ3n) is 2.94. The van der Waals surface area contributed by atoms with E-state index in [1.54, 1.807) is 13.8 Å². The minimum Gasteiger partial charge on any atom is -0.396 e. The van der Waals surface area contributed by atoms with Gasteiger partial charge in [0.25, 0.3) is 0 Å². The molecule has 1 saturated heterocycles. The van der Waals surface area contributed by atoms with Crippen molar-refractivity contribution < 1.29 is 18.3 Å². The molecule has 5 nitrogen and oxygen atoms in total. The number of sulfonamides is 1. The Hall–Kier alpha value is -0.170. The minimum absolute atomic E-state index is 0.0233. The summed E-state index contributed by atoms with van der Waals surface area (Å²) in [6, 6.07) is -0.253. The molecule has 1 aliphatic rings. The zero-order valence-corrected chi connectivity index (χ0v) is 10.7. The first-order valence-corrected chi connectivity index (χ1v) is 7.32. The molecule has 0 saturated carbocycles. The van der Waals surface area contributed by atoms with Crippen LogP contribution < -0.4 is 4.72 Å². The normalized spacial score (nSPS) is 25.6. The fourth-order valence-corrected chi connectivity index (χ4v) is 3.27. The minimum atomic E-state index is -3.31. The van der Waals surface area contributed by atoms with Gasteiger partial charge < -0.3 is 9.84 Å². The molecule has 1 aliphatic heterocycles. The van der Waals surface area contributed by atoms with E-state index in [1.165, 1.54) is 0 Å². The van der Waals surface area contributed by atoms with Crippen LogP contribution in [0.2, 0.25) is 0 Å². The first-order chi connectivity index (χ1) is 7.44. The predicted molar refractivity (Wildman–Crippen MR) is 61.6 cm³/mol. The molecule has 96 valence electrons. The highest BCUT2D eigenvalue weighted by molar-refractivity contribution is 7.89. The fraction of sp³-hybridized carbons (Fsp3) is 1.00. The van der Waals surface area contributed by atoms with Crippen molar-refractivity contribution in [2.45, 2.75) is 38.8 Å². The molecule has 2 N–H and O–H groups in total. The predicted octanol–water partition coefficient (Wildman–Crippen LogP) is 0.102. The number of rotatable bonds is 6. The molecule has 16 heavy (non-hydrogen) atoms. The maximum atomic E-state index is 11.7. The van der Waals surface area contributed by atoms with Gasteiger partial charge in [-0.15, -0.1) is 0 Å². The zero-order valence-electron chi connectivity index (χ0n) is 9.85. The van der Waals surface area contributed by atoms with Gasteiger partial charge in [0.05, 0.1) is 11.9 Å². The van der Waals surface area contributed by atoms with Gasteiger partial charge >= 0.3 is 0 Å². The quantitative estimate of drug-likeness (QED) is 0.702. The second-order valence-electron chi connectivity index (χ2n) is 4.48. The van der Waals surface area contributed by atoms with E-state index in [-0.39, 0.29) is 30.4 Å². The molecule has 0 amide bonds. The molecule has 0 aliphatic carbocycles. The summed E-state index contributed by atoms with van der Waals surface area (Å²) in [5.41, 5.74) is 0. The molecule has 0 aromatic heterocycles. The van der Waals surface area contributed by atoms with Crippen molar-refractivity contribution in [2.24, 2.45) is 5.92 Å². The van der Waals surface area contributed by atoms with Crippen molar-refractivity contribution in [3.05, 3.63) is 0 Å². The van der Waals surface area contributed by atoms with Gasteiger partial charge in [0.2, 0.25) is 10.0 Å². The van der Waals surface area contributed by atoms with Crippen LogP contribution in [0.15, 0.2) is 0 Å². The van der Waals surface area contributed by atoms with Gasteiger partial charge in [-0.2, -0.15) is 0 Å². The average molecular weight is 251 g/mol. The molecule has 0 radical (unpaired) electrons. The molecule has 1 fully saturated rings. The number of ether oxygens (including phenoxy) is 1. The van der Waals surface area contributed by atoms with Crippen LogP contribution in [0.1, 0.15) is 26.7 Å². The van der Waals surface area contributed by atoms with E-state index in [9.17, 15) is 8.42 Å². The largest absolute Gasteiger partial charge is 0.396 e. The van der Waals surface area contributed by atoms with Crippen molar-refractivity contribution >= 4 is 10.0 Å². The lowest BCUT2D eigenvalue weighted by Gasteiger charge is -2.20. The number of nitrogens with one attached hydrogen (secondary N) is 1. The Morgan fingerprint density at radius 2 is 2.19 bits per heavy atom. The average Bonchev–Trinajstić information content (AvgIpc) is 2.67. The Labute approximate surface area is 97.2 Å². The summed E-state index contributed by atoms with van der Waals surface area (Å²) in [5, 5.41) is 8.93. The highest BCUT2D eigenvalue weighted by Crippen LogP contribution is 2.14. The zero-order chi connectivity index (χ0) is 12.2. The van der Waals surface area contributed by atoms with Gasteiger partial charge in [0.1, 0.15) is 0 Å². The second-order valence-corrected chi connectivity index (χ2v) is 6.28. The van der Waals surface area contributed by atoms with Gasteiger partial charge in [0, 0.05) is 19.3 Å². The van der Waals surface area contributed by atoms with Crippen LogP contribution >= 0.6 is 0 Å². The molecule has 1 rings (SSSR count). The number of hydrogen-bond acceptors (Lipinski definition) is 4. The molecule has 0 aromatic rings. The van der Waals surface area contributed by atoms with E-state index in [0.717, 1.165) is 12.8 Å². The molecule has 0 bridgehead atoms. The topological polar surface area (TPSA) is 75.6 Å². The standard InChI is InChI=1S/C10H21NO4S/c1-8(6-12)9(2)11-16(13,14)7-10-4-3-5-15-10/h8-12H,3-7H2,1-2H3. The summed E-state index contributed by atoms with van der Waals surface area (Å²) >= 11 is 0. The number of aliphatic hydroxyl groups is 1. The third kappa shape index (κ3) is 4.37. The summed E-state index contributed by atoms with van der Waals surface area (Å²) in [6.07, 6.45) is 1.57. The lowest BCUT2D eigenvalue weighted by molar-refractivity contribution is 0.127. The van der Waals surface area contributed by atoms with Crippen molar-refractivity contribution in [3.63, 3.8) is 0 Å². The summed E-state index contributed by atoms with van der Waals surface area (Å²) in [7, 11) is -3.31. The molecule has 0 spiro atoms. The van der Waals surface area contributed by atoms with E-state index in [1.807, 2.05) is 0 Å². The Balaban J connectivity index is 2.44. The van der Waals surface area contributed by atoms with Crippen molar-refractivity contribution in [2.75, 3.05) is 19.0 Å². The second kappa shape index (κ2) is 5.95. The molecule has 1 heterocycles. The van der Waals surface area contributed by atoms with Gasteiger partial charge in [-0.25, -0.2) is 13.1 Å². The van der Waals surface area contributed by atoms with Crippen LogP contribution in [0.25, 0.3) is 0 Å². The van der Waals surface area contributed by atoms with E-state index in [4.69, 9.17) is 9.84 Å². The van der Waals surface area contributed by atoms with Gasteiger partial charge in [-0.3, -0.25) is 0 Å². The van der Waals surface area contributed by atoms with E-state index >= 15 is 0 Å². The maximum Gasteiger partial charge on any atom is 0.214 e. The van der Waals surface area contributed by atoms with E-state index < -0.39 is 10.0 Å². The van der Waals surface area contributed by atoms with Crippen LogP contribution in [-0.2, 0) is 14.8 Å². The third-order valence-corrected chi connectivity index (χ3v) is 4.48. The first kappa shape index (κ1) is 13.9. The molecular formula is C10H21NO4S. The fourth-order valence-electron chi connectivity index (χ4n) is 1.63. The van der Waals surface area contributed by atoms with Crippen LogP contribution in [-0.4, -0.2) is 44.6 Å². The van der Waals surface area contributed by atoms with Crippen molar-refractivity contribution in [1.29, 1.82) is 0 Å². The molecule has 0 aromatic carbocycles. The van der Waals surface area contributed by atoms with Crippen LogP contribution in [0.5, 0.6) is 0 Å². The number of hydrogen-bond donors (Lipinski definition) is 2. The number of aliphatic hydroxyl groups excluding tert-OH is 1. The Morgan fingerprint density at radius 3 is 2.69 bits per heavy atom. The summed E-state index contributed by atoms with van der Waals surface area (Å²) in [5.74, 6) is -0.0607. The summed E-state index contributed by atoms with van der Waals surface area (Å²) in [6.45, 7) is 4.19. The summed E-state index contributed by atoms with van der Waals surface area (Å²) in [4.78, 5) is 0. The maximum absolute atomic E-state index is 11.7. The van der Waals surface area contributed by atoms with Crippen LogP contribution in [0.3, 0.4) is 0 Å². The Morgan fingerprint density at radius 1 is 1.50 bits per heavy atom. The molecular weight excluding hydrogens is 230 g/mol. The molecule has 3 unspecified atom stereocenters. The monoisotopic (exact) mass is 251 g/mol. The van der Waals surface area contributed by atoms with Crippen molar-refractivity contribution in [1.82, 2.24) is 4.72 Å². The highest BCUT2D eigenvalue weighted by Gasteiger charge is 2.25. The molecule has 6 heteroatoms. The Bertz CT molecular complexity index is 298. The first-order valence-electron chi connectivity index (χ1n) is 5.67. The lowest BCUT2D eigenvalue weighted by atomic mass is 10.1. The Kier molecular flexibility index (Phi) is 5.17. The van der Waals surface area contributed by atoms with Gasteiger partial charge in [-0.05, 0) is 25.7 Å². The lowest BCUT2D eigenvalue weighted by Crippen LogP contribution is -2.41. The molecule has 3 atom stereocenters. The smallest absolute Gasteiger partial charge is 0.214 e. The SMILES string of the molecule is CC(CO)C(C)NS(=O)(=O)CC1CCCO1. The summed E-state index contributed by atoms with van der Waals surface area (Å²) < 4.78 is 31.3. The van der Waals surface area contributed by atoms with Crippen molar-refractivity contribution in [3.8, 4) is 0 Å². The van der Waals surface area contributed by atoms with Crippen LogP contribution in [0, 0.1) is 5.92 Å². The van der Waals surface area contributed by atoms with E-state index in [2.05, 4.69) is 4.72 Å². The van der Waals surface area contributed by atoms with Crippen LogP contribution in [0.4, 0.5) is 0 Å². The van der Waals surface area contributed by atoms with Gasteiger partial charge in [0.15, 0.2) is 0 Å².